The molecule has 2 aromatic carbocycles. The Bertz CT molecular complexity index is 905. The molecule has 5 heteroatoms. The molecule has 1 aromatic heterocycles. The second-order valence-corrected chi connectivity index (χ2v) is 7.08. The number of benzene rings is 2. The van der Waals surface area contributed by atoms with Gasteiger partial charge in [0, 0.05) is 5.39 Å². The van der Waals surface area contributed by atoms with Gasteiger partial charge in [-0.25, -0.2) is 9.97 Å². The van der Waals surface area contributed by atoms with Gasteiger partial charge in [-0.15, -0.1) is 0 Å². The highest BCUT2D eigenvalue weighted by Gasteiger charge is 2.12. The monoisotopic (exact) mass is 351 g/mol. The third kappa shape index (κ3) is 4.17. The summed E-state index contributed by atoms with van der Waals surface area (Å²) in [6.07, 6.45) is 1.54. The van der Waals surface area contributed by atoms with E-state index in [1.807, 2.05) is 31.2 Å². The van der Waals surface area contributed by atoms with Crippen molar-refractivity contribution >= 4 is 28.6 Å². The molecule has 0 unspecified atom stereocenters. The van der Waals surface area contributed by atoms with Crippen LogP contribution < -0.4 is 5.32 Å². The fourth-order valence-corrected chi connectivity index (χ4v) is 3.43. The number of fused-ring (bicyclic) bond motifs is 1. The Morgan fingerprint density at radius 3 is 2.72 bits per heavy atom. The van der Waals surface area contributed by atoms with Gasteiger partial charge in [0.1, 0.15) is 11.4 Å². The van der Waals surface area contributed by atoms with Gasteiger partial charge >= 0.3 is 0 Å². The van der Waals surface area contributed by atoms with Crippen molar-refractivity contribution in [3.8, 4) is 0 Å². The number of aryl methyl sites for hydroxylation is 2. The van der Waals surface area contributed by atoms with E-state index in [2.05, 4.69) is 47.3 Å². The zero-order valence-electron chi connectivity index (χ0n) is 14.6. The molecule has 0 aliphatic carbocycles. The number of hydrogen-bond donors (Lipinski definition) is 1. The zero-order chi connectivity index (χ0) is 17.8. The van der Waals surface area contributed by atoms with Crippen molar-refractivity contribution in [3.63, 3.8) is 0 Å². The van der Waals surface area contributed by atoms with Crippen LogP contribution in [0.3, 0.4) is 0 Å². The number of thioether (sulfide) groups is 1. The van der Waals surface area contributed by atoms with Gasteiger partial charge in [0.15, 0.2) is 0 Å². The van der Waals surface area contributed by atoms with E-state index in [0.29, 0.717) is 5.75 Å². The van der Waals surface area contributed by atoms with Gasteiger partial charge in [0.25, 0.3) is 0 Å². The molecule has 0 fully saturated rings. The van der Waals surface area contributed by atoms with Crippen LogP contribution in [0.1, 0.15) is 29.7 Å². The molecule has 0 bridgehead atoms. The number of hydrogen-bond acceptors (Lipinski definition) is 4. The van der Waals surface area contributed by atoms with Crippen molar-refractivity contribution in [1.29, 1.82) is 0 Å². The Balaban J connectivity index is 1.63. The smallest absolute Gasteiger partial charge is 0.230 e. The maximum absolute atomic E-state index is 12.3. The second kappa shape index (κ2) is 7.66. The Hall–Kier alpha value is -2.40. The third-order valence-corrected chi connectivity index (χ3v) is 5.26. The number of carbonyl (C=O) groups is 1. The number of nitrogens with zero attached hydrogens (tertiary/aromatic N) is 2. The van der Waals surface area contributed by atoms with Crippen LogP contribution in [0.4, 0.5) is 0 Å². The average molecular weight is 351 g/mol. The number of rotatable bonds is 5. The molecule has 1 N–H and O–H groups in total. The SMILES string of the molecule is Cc1ccc([C@@H](C)NC(=O)CSc2ncnc3ccccc23)cc1C. The minimum absolute atomic E-state index is 0.00146. The van der Waals surface area contributed by atoms with Crippen LogP contribution in [0.2, 0.25) is 0 Å². The van der Waals surface area contributed by atoms with E-state index >= 15 is 0 Å². The van der Waals surface area contributed by atoms with E-state index in [9.17, 15) is 4.79 Å². The Labute approximate surface area is 152 Å². The third-order valence-electron chi connectivity index (χ3n) is 4.25. The molecule has 0 aliphatic heterocycles. The summed E-state index contributed by atoms with van der Waals surface area (Å²) in [7, 11) is 0. The van der Waals surface area contributed by atoms with Crippen molar-refractivity contribution < 1.29 is 4.79 Å². The summed E-state index contributed by atoms with van der Waals surface area (Å²) in [6, 6.07) is 14.1. The first-order valence-electron chi connectivity index (χ1n) is 8.23. The molecule has 3 aromatic rings. The predicted molar refractivity (Wildman–Crippen MR) is 103 cm³/mol. The largest absolute Gasteiger partial charge is 0.349 e. The van der Waals surface area contributed by atoms with Gasteiger partial charge in [0.2, 0.25) is 5.91 Å². The van der Waals surface area contributed by atoms with Gasteiger partial charge in [-0.2, -0.15) is 0 Å². The molecule has 0 spiro atoms. The number of para-hydroxylation sites is 1. The lowest BCUT2D eigenvalue weighted by Crippen LogP contribution is -2.28. The van der Waals surface area contributed by atoms with E-state index in [4.69, 9.17) is 0 Å². The standard InChI is InChI=1S/C20H21N3OS/c1-13-8-9-16(10-14(13)2)15(3)23-19(24)11-25-20-17-6-4-5-7-18(17)21-12-22-20/h4-10,12,15H,11H2,1-3H3,(H,23,24)/t15-/m1/s1. The molecule has 0 saturated carbocycles. The Morgan fingerprint density at radius 1 is 1.12 bits per heavy atom. The van der Waals surface area contributed by atoms with Crippen LogP contribution in [0.25, 0.3) is 10.9 Å². The minimum atomic E-state index is -0.0189. The van der Waals surface area contributed by atoms with Crippen LogP contribution >= 0.6 is 11.8 Å². The topological polar surface area (TPSA) is 54.9 Å². The lowest BCUT2D eigenvalue weighted by Gasteiger charge is -2.15. The number of aromatic nitrogens is 2. The van der Waals surface area contributed by atoms with E-state index in [0.717, 1.165) is 21.5 Å². The molecule has 0 saturated heterocycles. The van der Waals surface area contributed by atoms with Gasteiger partial charge in [-0.05, 0) is 43.5 Å². The highest BCUT2D eigenvalue weighted by molar-refractivity contribution is 8.00. The maximum atomic E-state index is 12.3. The molecule has 3 rings (SSSR count). The van der Waals surface area contributed by atoms with Crippen LogP contribution in [-0.4, -0.2) is 21.6 Å². The number of nitrogens with one attached hydrogen (secondary N) is 1. The number of amides is 1. The molecule has 0 aliphatic rings. The minimum Gasteiger partial charge on any atom is -0.349 e. The molecule has 1 amide bonds. The molecule has 4 nitrogen and oxygen atoms in total. The van der Waals surface area contributed by atoms with Gasteiger partial charge in [0.05, 0.1) is 17.3 Å². The second-order valence-electron chi connectivity index (χ2n) is 6.12. The fourth-order valence-electron chi connectivity index (χ4n) is 2.63. The Kier molecular flexibility index (Phi) is 5.34. The van der Waals surface area contributed by atoms with Crippen LogP contribution in [0, 0.1) is 13.8 Å². The summed E-state index contributed by atoms with van der Waals surface area (Å²) in [5.74, 6) is 0.328. The molecular weight excluding hydrogens is 330 g/mol. The summed E-state index contributed by atoms with van der Waals surface area (Å²) in [4.78, 5) is 20.9. The molecular formula is C20H21N3OS. The first kappa shape index (κ1) is 17.4. The van der Waals surface area contributed by atoms with Crippen LogP contribution in [-0.2, 0) is 4.79 Å². The van der Waals surface area contributed by atoms with E-state index in [1.165, 1.54) is 22.9 Å². The van der Waals surface area contributed by atoms with Crippen molar-refractivity contribution in [2.45, 2.75) is 31.8 Å². The lowest BCUT2D eigenvalue weighted by atomic mass is 10.0. The fraction of sp³-hybridized carbons (Fsp3) is 0.250. The van der Waals surface area contributed by atoms with Crippen molar-refractivity contribution in [2.24, 2.45) is 0 Å². The van der Waals surface area contributed by atoms with Crippen molar-refractivity contribution in [1.82, 2.24) is 15.3 Å². The lowest BCUT2D eigenvalue weighted by molar-refractivity contribution is -0.119. The first-order chi connectivity index (χ1) is 12.0. The van der Waals surface area contributed by atoms with Gasteiger partial charge in [-0.1, -0.05) is 48.2 Å². The average Bonchev–Trinajstić information content (AvgIpc) is 2.62. The van der Waals surface area contributed by atoms with Crippen molar-refractivity contribution in [3.05, 3.63) is 65.5 Å². The van der Waals surface area contributed by atoms with E-state index < -0.39 is 0 Å². The number of carbonyl (C=O) groups excluding carboxylic acids is 1. The first-order valence-corrected chi connectivity index (χ1v) is 9.22. The van der Waals surface area contributed by atoms with E-state index in [1.54, 1.807) is 6.33 Å². The maximum Gasteiger partial charge on any atom is 0.230 e. The van der Waals surface area contributed by atoms with Crippen molar-refractivity contribution in [2.75, 3.05) is 5.75 Å². The quantitative estimate of drug-likeness (QED) is 0.552. The molecule has 0 radical (unpaired) electrons. The van der Waals surface area contributed by atoms with Crippen LogP contribution in [0.5, 0.6) is 0 Å². The Morgan fingerprint density at radius 2 is 1.92 bits per heavy atom. The summed E-state index contributed by atoms with van der Waals surface area (Å²) < 4.78 is 0. The molecule has 1 heterocycles. The normalized spacial score (nSPS) is 12.1. The summed E-state index contributed by atoms with van der Waals surface area (Å²) in [5, 5.41) is 4.87. The summed E-state index contributed by atoms with van der Waals surface area (Å²) in [5.41, 5.74) is 4.51. The van der Waals surface area contributed by atoms with Crippen LogP contribution in [0.15, 0.2) is 53.8 Å². The highest BCUT2D eigenvalue weighted by atomic mass is 32.2. The summed E-state index contributed by atoms with van der Waals surface area (Å²) in [6.45, 7) is 6.18. The molecule has 25 heavy (non-hydrogen) atoms. The van der Waals surface area contributed by atoms with Gasteiger partial charge in [-0.3, -0.25) is 4.79 Å². The predicted octanol–water partition coefficient (Wildman–Crippen LogP) is 4.22. The zero-order valence-corrected chi connectivity index (χ0v) is 15.4. The molecule has 128 valence electrons. The summed E-state index contributed by atoms with van der Waals surface area (Å²) >= 11 is 1.44. The molecule has 1 atom stereocenters. The highest BCUT2D eigenvalue weighted by Crippen LogP contribution is 2.24. The van der Waals surface area contributed by atoms with Gasteiger partial charge < -0.3 is 5.32 Å². The van der Waals surface area contributed by atoms with E-state index in [-0.39, 0.29) is 11.9 Å².